The minimum atomic E-state index is -1.14. The van der Waals surface area contributed by atoms with E-state index in [1.54, 1.807) is 46.4 Å². The van der Waals surface area contributed by atoms with E-state index in [1.807, 2.05) is 83.7 Å². The van der Waals surface area contributed by atoms with E-state index in [0.29, 0.717) is 26.1 Å². The van der Waals surface area contributed by atoms with Crippen molar-refractivity contribution in [2.45, 2.75) is 118 Å². The maximum absolute atomic E-state index is 11.9. The third-order valence-electron chi connectivity index (χ3n) is 6.47. The Morgan fingerprint density at radius 3 is 1.56 bits per heavy atom. The molecule has 1 atom stereocenters. The molecular formula is C38H64IKN2O9Si. The van der Waals surface area contributed by atoms with Crippen molar-refractivity contribution in [3.05, 3.63) is 71.8 Å². The molecule has 2 aromatic carbocycles. The minimum Gasteiger partial charge on any atom is -0.850 e. The molecular weight excluding hydrogens is 823 g/mol. The number of rotatable bonds is 5. The first-order valence-electron chi connectivity index (χ1n) is 16.9. The van der Waals surface area contributed by atoms with Gasteiger partial charge in [0.05, 0.1) is 53.9 Å². The van der Waals surface area contributed by atoms with Crippen LogP contribution in [0, 0.1) is 0 Å². The monoisotopic (exact) mass is 887 g/mol. The van der Waals surface area contributed by atoms with Gasteiger partial charge in [-0.25, -0.2) is 9.59 Å². The van der Waals surface area contributed by atoms with Crippen molar-refractivity contribution < 1.29 is 94.4 Å². The molecule has 2 amide bonds. The molecule has 0 aliphatic carbocycles. The van der Waals surface area contributed by atoms with Crippen LogP contribution in [0.2, 0.25) is 19.6 Å². The van der Waals surface area contributed by atoms with Gasteiger partial charge in [-0.05, 0) is 58.0 Å². The molecule has 2 aromatic rings. The number of halogens is 1. The smallest absolute Gasteiger partial charge is 0.850 e. The van der Waals surface area contributed by atoms with E-state index in [2.05, 4.69) is 19.6 Å². The van der Waals surface area contributed by atoms with E-state index < -0.39 is 25.6 Å². The van der Waals surface area contributed by atoms with Gasteiger partial charge in [0.2, 0.25) is 0 Å². The van der Waals surface area contributed by atoms with Crippen LogP contribution in [0.5, 0.6) is 0 Å². The summed E-state index contributed by atoms with van der Waals surface area (Å²) in [6.45, 7) is 20.1. The topological polar surface area (TPSA) is 138 Å². The van der Waals surface area contributed by atoms with Crippen LogP contribution in [0.25, 0.3) is 0 Å². The number of hydrogen-bond acceptors (Lipinski definition) is 9. The van der Waals surface area contributed by atoms with Crippen LogP contribution in [0.3, 0.4) is 0 Å². The van der Waals surface area contributed by atoms with E-state index in [0.717, 1.165) is 37.1 Å². The van der Waals surface area contributed by atoms with Gasteiger partial charge in [-0.1, -0.05) is 88.9 Å². The van der Waals surface area contributed by atoms with Crippen molar-refractivity contribution in [1.82, 2.24) is 9.80 Å². The number of ether oxygens (including phenoxy) is 3. The molecule has 11 nitrogen and oxygen atoms in total. The van der Waals surface area contributed by atoms with Crippen LogP contribution in [0.4, 0.5) is 9.59 Å². The third-order valence-corrected chi connectivity index (χ3v) is 10.9. The molecule has 1 unspecified atom stereocenters. The number of carbonyl (C=O) groups is 3. The Bertz CT molecular complexity index is 1270. The predicted molar refractivity (Wildman–Crippen MR) is 213 cm³/mol. The van der Waals surface area contributed by atoms with Gasteiger partial charge in [0, 0.05) is 27.4 Å². The number of ketones is 1. The molecule has 0 aromatic heterocycles. The number of hydrogen-bond donors (Lipinski definition) is 1. The summed E-state index contributed by atoms with van der Waals surface area (Å²) in [4.78, 5) is 37.6. The Labute approximate surface area is 372 Å². The second-order valence-electron chi connectivity index (χ2n) is 15.2. The first-order chi connectivity index (χ1) is 23.1. The fraction of sp³-hybridized carbons (Fsp3) is 0.605. The van der Waals surface area contributed by atoms with Crippen LogP contribution < -0.4 is 56.5 Å². The summed E-state index contributed by atoms with van der Waals surface area (Å²) in [5.41, 5.74) is 0.659. The Kier molecular flexibility index (Phi) is 26.6. The van der Waals surface area contributed by atoms with Gasteiger partial charge >= 0.3 is 63.6 Å². The second kappa shape index (κ2) is 26.0. The van der Waals surface area contributed by atoms with Gasteiger partial charge in [-0.2, -0.15) is 0 Å². The molecule has 3 fully saturated rings. The largest absolute Gasteiger partial charge is 1.00 e. The Morgan fingerprint density at radius 2 is 1.27 bits per heavy atom. The van der Waals surface area contributed by atoms with Gasteiger partial charge in [0.15, 0.2) is 14.1 Å². The SMILES string of the molecule is C.CC(C)(C)O.CC(C)(C)[O-].C[Si](C)(C)OI.O=C(OCc1ccccc1)N1CCC2(CCO2)C1.O=C1CCN(C(=O)OCc2ccccc2)C1.[2HH].[K+]. The molecule has 0 saturated carbocycles. The van der Waals surface area contributed by atoms with Gasteiger partial charge in [0.1, 0.15) is 13.2 Å². The van der Waals surface area contributed by atoms with Crippen LogP contribution >= 0.6 is 23.0 Å². The molecule has 5 rings (SSSR count). The second-order valence-corrected chi connectivity index (χ2v) is 20.9. The summed E-state index contributed by atoms with van der Waals surface area (Å²) >= 11 is 1.96. The van der Waals surface area contributed by atoms with Gasteiger partial charge in [-0.15, -0.1) is 5.60 Å². The third kappa shape index (κ3) is 27.6. The van der Waals surface area contributed by atoms with E-state index in [9.17, 15) is 19.5 Å². The van der Waals surface area contributed by atoms with Crippen LogP contribution in [0.1, 0.15) is 80.8 Å². The fourth-order valence-electron chi connectivity index (χ4n) is 4.12. The molecule has 3 aliphatic rings. The fourth-order valence-corrected chi connectivity index (χ4v) is 4.12. The van der Waals surface area contributed by atoms with Crippen LogP contribution in [-0.2, 0) is 35.0 Å². The van der Waals surface area contributed by atoms with Crippen molar-refractivity contribution in [2.75, 3.05) is 32.8 Å². The molecule has 0 radical (unpaired) electrons. The van der Waals surface area contributed by atoms with Crippen molar-refractivity contribution in [3.63, 3.8) is 0 Å². The predicted octanol–water partition coefficient (Wildman–Crippen LogP) is 4.78. The summed E-state index contributed by atoms with van der Waals surface area (Å²) in [7, 11) is -1.14. The molecule has 292 valence electrons. The van der Waals surface area contributed by atoms with Gasteiger partial charge in [-0.3, -0.25) is 4.79 Å². The standard InChI is InChI=1S/C14H17NO3.C12H13NO3.C4H10O.C4H9O.C3H9IOSi.CH4.K.H2/c16-13(17-10-12-4-2-1-3-5-12)15-8-6-14(11-15)7-9-18-14;14-11-6-7-13(8-11)12(15)16-9-10-4-2-1-3-5-10;2*1-4(2,3)5;1-6(2,3)5-4;;;/h1-5H,6-11H2;1-5H,6-9H2;5H,1-3H3;1-3H3;1-3H3;1H4;;1H/q;;;-1;;;+1;/i;;;;;;;1+1. The Morgan fingerprint density at radius 1 is 0.885 bits per heavy atom. The Balaban J connectivity index is -0.000000652. The number of likely N-dealkylation sites (tertiary alicyclic amines) is 2. The van der Waals surface area contributed by atoms with Crippen LogP contribution in [0.15, 0.2) is 60.7 Å². The summed E-state index contributed by atoms with van der Waals surface area (Å²) in [6, 6.07) is 19.2. The van der Waals surface area contributed by atoms with E-state index in [1.165, 1.54) is 4.90 Å². The number of nitrogens with zero attached hydrogens (tertiary/aromatic N) is 2. The molecule has 1 N–H and O–H groups in total. The maximum Gasteiger partial charge on any atom is 1.00 e. The molecule has 14 heteroatoms. The van der Waals surface area contributed by atoms with Crippen molar-refractivity contribution in [3.8, 4) is 0 Å². The summed E-state index contributed by atoms with van der Waals surface area (Å²) in [5.74, 6) is 0.0941. The summed E-state index contributed by atoms with van der Waals surface area (Å²) < 4.78 is 21.0. The minimum absolute atomic E-state index is 0. The van der Waals surface area contributed by atoms with E-state index in [4.69, 9.17) is 22.1 Å². The zero-order valence-electron chi connectivity index (χ0n) is 32.3. The quantitative estimate of drug-likeness (QED) is 0.332. The normalized spacial score (nSPS) is 17.4. The summed E-state index contributed by atoms with van der Waals surface area (Å²) in [5, 5.41) is 18.6. The van der Waals surface area contributed by atoms with Crippen molar-refractivity contribution >= 4 is 49.3 Å². The number of carbonyl (C=O) groups excluding carboxylic acids is 3. The number of benzene rings is 2. The molecule has 3 heterocycles. The molecule has 1 spiro atoms. The van der Waals surface area contributed by atoms with Crippen molar-refractivity contribution in [1.29, 1.82) is 0 Å². The van der Waals surface area contributed by atoms with E-state index in [-0.39, 0.29) is 90.9 Å². The van der Waals surface area contributed by atoms with Crippen LogP contribution in [-0.4, -0.2) is 90.8 Å². The molecule has 3 saturated heterocycles. The average Bonchev–Trinajstić information content (AvgIpc) is 3.66. The van der Waals surface area contributed by atoms with E-state index >= 15 is 0 Å². The summed E-state index contributed by atoms with van der Waals surface area (Å²) in [6.07, 6.45) is 1.81. The Hall–Kier alpha value is -0.927. The van der Waals surface area contributed by atoms with Crippen molar-refractivity contribution in [2.24, 2.45) is 0 Å². The number of aliphatic hydroxyl groups is 1. The number of amides is 2. The molecule has 3 aliphatic heterocycles. The zero-order chi connectivity index (χ0) is 38.0. The van der Waals surface area contributed by atoms with Gasteiger partial charge in [0.25, 0.3) is 0 Å². The number of Topliss-reactive ketones (excluding diaryl/α,β-unsaturated/α-hetero) is 1. The molecule has 0 bridgehead atoms. The zero-order valence-corrected chi connectivity index (χ0v) is 38.6. The molecule has 52 heavy (non-hydrogen) atoms. The first-order valence-corrected chi connectivity index (χ1v) is 21.2. The average molecular weight is 888 g/mol. The maximum atomic E-state index is 11.9. The van der Waals surface area contributed by atoms with Gasteiger partial charge < -0.3 is 37.0 Å². The first kappa shape index (κ1) is 53.2.